The number of carboxylic acids is 1. The highest BCUT2D eigenvalue weighted by Crippen LogP contribution is 2.22. The van der Waals surface area contributed by atoms with Gasteiger partial charge in [0.05, 0.1) is 10.5 Å². The monoisotopic (exact) mass is 288 g/mol. The number of benzene rings is 1. The molecule has 21 heavy (non-hydrogen) atoms. The van der Waals surface area contributed by atoms with Gasteiger partial charge in [-0.05, 0) is 25.1 Å². The molecule has 7 nitrogen and oxygen atoms in total. The Hall–Kier alpha value is -2.96. The van der Waals surface area contributed by atoms with Crippen molar-refractivity contribution < 1.29 is 19.6 Å². The number of nitrogens with zero attached hydrogens (tertiary/aromatic N) is 2. The second-order valence-corrected chi connectivity index (χ2v) is 4.28. The first-order valence-corrected chi connectivity index (χ1v) is 6.05. The number of aromatic carboxylic acids is 1. The average molecular weight is 288 g/mol. The number of pyridine rings is 1. The van der Waals surface area contributed by atoms with Crippen molar-refractivity contribution in [1.82, 2.24) is 4.98 Å². The smallest absolute Gasteiger partial charge is 0.358 e. The Kier molecular flexibility index (Phi) is 4.13. The number of nitro groups is 1. The number of ether oxygens (including phenoxy) is 1. The fraction of sp³-hybridized carbons (Fsp3) is 0.143. The summed E-state index contributed by atoms with van der Waals surface area (Å²) < 4.78 is 5.38. The first kappa shape index (κ1) is 14.4. The molecule has 0 radical (unpaired) electrons. The molecule has 1 aromatic carbocycles. The van der Waals surface area contributed by atoms with Gasteiger partial charge in [-0.15, -0.1) is 0 Å². The maximum atomic E-state index is 11.1. The van der Waals surface area contributed by atoms with Crippen molar-refractivity contribution in [2.45, 2.75) is 13.5 Å². The van der Waals surface area contributed by atoms with Crippen molar-refractivity contribution >= 4 is 11.7 Å². The summed E-state index contributed by atoms with van der Waals surface area (Å²) in [6.45, 7) is 1.56. The zero-order valence-electron chi connectivity index (χ0n) is 11.1. The topological polar surface area (TPSA) is 103 Å². The Balaban J connectivity index is 2.25. The molecule has 0 aliphatic heterocycles. The second kappa shape index (κ2) is 6.00. The van der Waals surface area contributed by atoms with E-state index in [1.54, 1.807) is 31.2 Å². The summed E-state index contributed by atoms with van der Waals surface area (Å²) in [7, 11) is 0. The van der Waals surface area contributed by atoms with E-state index in [1.165, 1.54) is 12.1 Å². The van der Waals surface area contributed by atoms with Gasteiger partial charge in [0, 0.05) is 11.8 Å². The first-order valence-electron chi connectivity index (χ1n) is 6.05. The van der Waals surface area contributed by atoms with E-state index in [0.717, 1.165) is 0 Å². The number of nitro benzene ring substituents is 1. The molecule has 1 N–H and O–H groups in total. The molecular weight excluding hydrogens is 276 g/mol. The number of carboxylic acid groups (broad SMARTS) is 1. The molecule has 0 unspecified atom stereocenters. The minimum atomic E-state index is -1.21. The third-order valence-electron chi connectivity index (χ3n) is 2.77. The molecule has 1 aromatic heterocycles. The van der Waals surface area contributed by atoms with Gasteiger partial charge in [0.1, 0.15) is 6.61 Å². The summed E-state index contributed by atoms with van der Waals surface area (Å²) in [4.78, 5) is 25.4. The van der Waals surface area contributed by atoms with Crippen LogP contribution in [0.3, 0.4) is 0 Å². The largest absolute Gasteiger partial charge is 0.486 e. The van der Waals surface area contributed by atoms with Crippen molar-refractivity contribution in [3.63, 3.8) is 0 Å². The summed E-state index contributed by atoms with van der Waals surface area (Å²) >= 11 is 0. The predicted molar refractivity (Wildman–Crippen MR) is 73.4 cm³/mol. The molecule has 0 amide bonds. The van der Waals surface area contributed by atoms with Crippen LogP contribution in [-0.2, 0) is 6.61 Å². The first-order chi connectivity index (χ1) is 9.99. The Bertz CT molecular complexity index is 700. The molecule has 0 saturated heterocycles. The molecule has 0 aliphatic carbocycles. The van der Waals surface area contributed by atoms with Crippen LogP contribution in [0.25, 0.3) is 0 Å². The lowest BCUT2D eigenvalue weighted by molar-refractivity contribution is -0.385. The lowest BCUT2D eigenvalue weighted by Gasteiger charge is -2.09. The SMILES string of the molecule is Cc1ccc(OCc2ccccc2[N+](=O)[O-])c(C(=O)O)n1. The van der Waals surface area contributed by atoms with Gasteiger partial charge in [-0.3, -0.25) is 10.1 Å². The fourth-order valence-electron chi connectivity index (χ4n) is 1.78. The van der Waals surface area contributed by atoms with E-state index in [-0.39, 0.29) is 23.7 Å². The van der Waals surface area contributed by atoms with Crippen LogP contribution in [0, 0.1) is 17.0 Å². The van der Waals surface area contributed by atoms with E-state index in [2.05, 4.69) is 4.98 Å². The van der Waals surface area contributed by atoms with Gasteiger partial charge in [0.15, 0.2) is 11.4 Å². The molecule has 7 heteroatoms. The van der Waals surface area contributed by atoms with Crippen LogP contribution in [0.2, 0.25) is 0 Å². The quantitative estimate of drug-likeness (QED) is 0.670. The number of para-hydroxylation sites is 1. The summed E-state index contributed by atoms with van der Waals surface area (Å²) in [6, 6.07) is 9.22. The number of hydrogen-bond donors (Lipinski definition) is 1. The van der Waals surface area contributed by atoms with Crippen molar-refractivity contribution in [3.8, 4) is 5.75 Å². The Morgan fingerprint density at radius 1 is 1.33 bits per heavy atom. The molecule has 0 spiro atoms. The minimum absolute atomic E-state index is 0.0746. The molecule has 2 aromatic rings. The summed E-state index contributed by atoms with van der Waals surface area (Å²) in [5.41, 5.74) is 0.618. The molecule has 1 heterocycles. The summed E-state index contributed by atoms with van der Waals surface area (Å²) in [5.74, 6) is -1.14. The van der Waals surface area contributed by atoms with Gasteiger partial charge in [-0.25, -0.2) is 9.78 Å². The van der Waals surface area contributed by atoms with Gasteiger partial charge < -0.3 is 9.84 Å². The van der Waals surface area contributed by atoms with Crippen LogP contribution >= 0.6 is 0 Å². The van der Waals surface area contributed by atoms with Crippen LogP contribution in [0.15, 0.2) is 36.4 Å². The highest BCUT2D eigenvalue weighted by Gasteiger charge is 2.16. The van der Waals surface area contributed by atoms with Crippen LogP contribution in [0.4, 0.5) is 5.69 Å². The maximum absolute atomic E-state index is 11.1. The fourth-order valence-corrected chi connectivity index (χ4v) is 1.78. The molecule has 0 atom stereocenters. The number of rotatable bonds is 5. The van der Waals surface area contributed by atoms with Gasteiger partial charge in [0.2, 0.25) is 0 Å². The molecule has 0 bridgehead atoms. The third kappa shape index (κ3) is 3.33. The van der Waals surface area contributed by atoms with E-state index in [4.69, 9.17) is 9.84 Å². The van der Waals surface area contributed by atoms with Crippen LogP contribution in [-0.4, -0.2) is 21.0 Å². The van der Waals surface area contributed by atoms with E-state index in [9.17, 15) is 14.9 Å². The molecule has 0 fully saturated rings. The highest BCUT2D eigenvalue weighted by molar-refractivity contribution is 5.88. The average Bonchev–Trinajstić information content (AvgIpc) is 2.46. The zero-order valence-corrected chi connectivity index (χ0v) is 11.1. The van der Waals surface area contributed by atoms with E-state index < -0.39 is 10.9 Å². The van der Waals surface area contributed by atoms with E-state index in [0.29, 0.717) is 11.3 Å². The van der Waals surface area contributed by atoms with Gasteiger partial charge in [-0.2, -0.15) is 0 Å². The Morgan fingerprint density at radius 3 is 2.71 bits per heavy atom. The van der Waals surface area contributed by atoms with E-state index in [1.807, 2.05) is 0 Å². The van der Waals surface area contributed by atoms with Crippen LogP contribution in [0.1, 0.15) is 21.7 Å². The number of hydrogen-bond acceptors (Lipinski definition) is 5. The molecule has 2 rings (SSSR count). The number of aryl methyl sites for hydroxylation is 1. The minimum Gasteiger partial charge on any atom is -0.486 e. The highest BCUT2D eigenvalue weighted by atomic mass is 16.6. The summed E-state index contributed by atoms with van der Waals surface area (Å²) in [6.07, 6.45) is 0. The number of aromatic nitrogens is 1. The van der Waals surface area contributed by atoms with Crippen LogP contribution < -0.4 is 4.74 Å². The van der Waals surface area contributed by atoms with Gasteiger partial charge in [-0.1, -0.05) is 12.1 Å². The van der Waals surface area contributed by atoms with E-state index >= 15 is 0 Å². The van der Waals surface area contributed by atoms with Crippen molar-refractivity contribution in [2.75, 3.05) is 0 Å². The standard InChI is InChI=1S/C14H12N2O5/c1-9-6-7-12(13(15-9)14(17)18)21-8-10-4-2-3-5-11(10)16(19)20/h2-7H,8H2,1H3,(H,17,18). The molecule has 0 aliphatic rings. The zero-order chi connectivity index (χ0) is 15.4. The Labute approximate surface area is 120 Å². The normalized spacial score (nSPS) is 10.1. The molecular formula is C14H12N2O5. The number of carbonyl (C=O) groups is 1. The molecule has 0 saturated carbocycles. The van der Waals surface area contributed by atoms with Gasteiger partial charge >= 0.3 is 5.97 Å². The van der Waals surface area contributed by atoms with Gasteiger partial charge in [0.25, 0.3) is 5.69 Å². The van der Waals surface area contributed by atoms with Crippen molar-refractivity contribution in [1.29, 1.82) is 0 Å². The molecule has 108 valence electrons. The lowest BCUT2D eigenvalue weighted by Crippen LogP contribution is -2.07. The van der Waals surface area contributed by atoms with Crippen molar-refractivity contribution in [2.24, 2.45) is 0 Å². The second-order valence-electron chi connectivity index (χ2n) is 4.28. The van der Waals surface area contributed by atoms with Crippen molar-refractivity contribution in [3.05, 3.63) is 63.5 Å². The predicted octanol–water partition coefficient (Wildman–Crippen LogP) is 2.58. The summed E-state index contributed by atoms with van der Waals surface area (Å²) in [5, 5.41) is 20.0. The maximum Gasteiger partial charge on any atom is 0.358 e. The Morgan fingerprint density at radius 2 is 2.05 bits per heavy atom. The third-order valence-corrected chi connectivity index (χ3v) is 2.77. The van der Waals surface area contributed by atoms with Crippen LogP contribution in [0.5, 0.6) is 5.75 Å². The lowest BCUT2D eigenvalue weighted by atomic mass is 10.2.